The van der Waals surface area contributed by atoms with Crippen LogP contribution < -0.4 is 10.7 Å². The molecule has 1 aromatic rings. The highest BCUT2D eigenvalue weighted by molar-refractivity contribution is 4.79. The Bertz CT molecular complexity index is 228. The normalized spacial score (nSPS) is 9.12. The molecular formula is C5H7N2O+. The molecule has 0 fully saturated rings. The number of rotatable bonds is 0. The molecule has 0 spiro atoms. The van der Waals surface area contributed by atoms with Gasteiger partial charge in [0, 0.05) is 12.1 Å². The maximum Gasteiger partial charge on any atom is 0.300 e. The number of H-pyrrole nitrogens is 1. The van der Waals surface area contributed by atoms with Crippen LogP contribution in [0.25, 0.3) is 0 Å². The van der Waals surface area contributed by atoms with E-state index in [9.17, 15) is 4.79 Å². The number of hydrogen-bond donors (Lipinski definition) is 0. The number of aromatic amines is 1. The van der Waals surface area contributed by atoms with Gasteiger partial charge in [0.05, 0.1) is 7.05 Å². The Morgan fingerprint density at radius 2 is 2.50 bits per heavy atom. The minimum absolute atomic E-state index is 0.0208. The van der Waals surface area contributed by atoms with Gasteiger partial charge in [-0.1, -0.05) is 0 Å². The third-order valence-electron chi connectivity index (χ3n) is 0.934. The van der Waals surface area contributed by atoms with E-state index in [1.165, 1.54) is 10.7 Å². The zero-order valence-corrected chi connectivity index (χ0v) is 4.59. The van der Waals surface area contributed by atoms with Crippen molar-refractivity contribution in [3.8, 4) is 0 Å². The summed E-state index contributed by atoms with van der Waals surface area (Å²) in [5, 5.41) is 2.70. The van der Waals surface area contributed by atoms with Crippen LogP contribution >= 0.6 is 0 Å². The molecule has 0 aliphatic carbocycles. The highest BCUT2D eigenvalue weighted by atomic mass is 16.1. The maximum absolute atomic E-state index is 10.6. The Hall–Kier alpha value is -1.12. The molecule has 0 atom stereocenters. The summed E-state index contributed by atoms with van der Waals surface area (Å²) in [7, 11) is 1.67. The van der Waals surface area contributed by atoms with Crippen LogP contribution in [0, 0.1) is 0 Å². The van der Waals surface area contributed by atoms with Crippen LogP contribution in [0.1, 0.15) is 0 Å². The fourth-order valence-electron chi connectivity index (χ4n) is 0.461. The Balaban J connectivity index is 3.35. The van der Waals surface area contributed by atoms with Crippen LogP contribution in [0.15, 0.2) is 23.1 Å². The molecule has 0 unspecified atom stereocenters. The van der Waals surface area contributed by atoms with Gasteiger partial charge in [-0.25, -0.2) is 0 Å². The monoisotopic (exact) mass is 111 g/mol. The predicted octanol–water partition coefficient (Wildman–Crippen LogP) is -0.801. The second kappa shape index (κ2) is 1.78. The molecule has 0 aliphatic heterocycles. The molecule has 0 saturated carbocycles. The van der Waals surface area contributed by atoms with E-state index in [1.54, 1.807) is 19.3 Å². The van der Waals surface area contributed by atoms with Gasteiger partial charge in [0.15, 0.2) is 6.20 Å². The first-order valence-electron chi connectivity index (χ1n) is 2.34. The Labute approximate surface area is 46.6 Å². The Kier molecular flexibility index (Phi) is 1.12. The quantitative estimate of drug-likeness (QED) is 0.431. The van der Waals surface area contributed by atoms with Gasteiger partial charge in [-0.2, -0.15) is 0 Å². The van der Waals surface area contributed by atoms with E-state index in [4.69, 9.17) is 0 Å². The average Bonchev–Trinajstić information content (AvgIpc) is 1.77. The molecule has 0 amide bonds. The number of nitrogens with zero attached hydrogens (tertiary/aromatic N) is 1. The average molecular weight is 111 g/mol. The van der Waals surface area contributed by atoms with Gasteiger partial charge in [0.2, 0.25) is 0 Å². The molecule has 3 heteroatoms. The summed E-state index contributed by atoms with van der Waals surface area (Å²) in [4.78, 5) is 10.6. The van der Waals surface area contributed by atoms with Crippen LogP contribution in [0.5, 0.6) is 0 Å². The van der Waals surface area contributed by atoms with E-state index < -0.39 is 0 Å². The molecule has 0 saturated heterocycles. The van der Waals surface area contributed by atoms with Crippen LogP contribution in [0.3, 0.4) is 0 Å². The van der Waals surface area contributed by atoms with E-state index in [0.717, 1.165) is 0 Å². The van der Waals surface area contributed by atoms with Gasteiger partial charge in [-0.3, -0.25) is 4.79 Å². The minimum atomic E-state index is -0.0208. The molecule has 0 aromatic carbocycles. The van der Waals surface area contributed by atoms with Crippen LogP contribution in [0.2, 0.25) is 0 Å². The van der Waals surface area contributed by atoms with Crippen LogP contribution in [-0.4, -0.2) is 4.68 Å². The van der Waals surface area contributed by atoms with Crippen molar-refractivity contribution in [1.82, 2.24) is 4.68 Å². The Morgan fingerprint density at radius 1 is 1.75 bits per heavy atom. The summed E-state index contributed by atoms with van der Waals surface area (Å²) in [6.07, 6.45) is 1.70. The fourth-order valence-corrected chi connectivity index (χ4v) is 0.461. The zero-order chi connectivity index (χ0) is 5.98. The van der Waals surface area contributed by atoms with Gasteiger partial charge < -0.3 is 0 Å². The second-order valence-electron chi connectivity index (χ2n) is 1.55. The molecule has 1 rings (SSSR count). The lowest BCUT2D eigenvalue weighted by molar-refractivity contribution is -0.493. The van der Waals surface area contributed by atoms with Crippen molar-refractivity contribution < 1.29 is 5.10 Å². The van der Waals surface area contributed by atoms with E-state index in [1.807, 2.05) is 0 Å². The van der Waals surface area contributed by atoms with Gasteiger partial charge in [0.1, 0.15) is 0 Å². The van der Waals surface area contributed by atoms with Gasteiger partial charge >= 0.3 is 5.56 Å². The van der Waals surface area contributed by atoms with Gasteiger partial charge in [0.25, 0.3) is 0 Å². The second-order valence-corrected chi connectivity index (χ2v) is 1.55. The molecule has 1 heterocycles. The lowest BCUT2D eigenvalue weighted by atomic mass is 10.6. The summed E-state index contributed by atoms with van der Waals surface area (Å²) < 4.78 is 1.40. The molecule has 0 aliphatic rings. The Morgan fingerprint density at radius 3 is 2.88 bits per heavy atom. The largest absolute Gasteiger partial charge is 0.300 e. The van der Waals surface area contributed by atoms with Crippen molar-refractivity contribution >= 4 is 0 Å². The van der Waals surface area contributed by atoms with Crippen LogP contribution in [0.4, 0.5) is 0 Å². The van der Waals surface area contributed by atoms with E-state index in [2.05, 4.69) is 5.10 Å². The van der Waals surface area contributed by atoms with E-state index in [0.29, 0.717) is 0 Å². The van der Waals surface area contributed by atoms with E-state index >= 15 is 0 Å². The molecule has 42 valence electrons. The zero-order valence-electron chi connectivity index (χ0n) is 4.59. The number of aromatic nitrogens is 2. The van der Waals surface area contributed by atoms with Crippen LogP contribution in [-0.2, 0) is 7.05 Å². The lowest BCUT2D eigenvalue weighted by Gasteiger charge is -1.80. The molecular weight excluding hydrogens is 104 g/mol. The highest BCUT2D eigenvalue weighted by Crippen LogP contribution is 1.59. The molecule has 8 heavy (non-hydrogen) atoms. The highest BCUT2D eigenvalue weighted by Gasteiger charge is 1.86. The fraction of sp³-hybridized carbons (Fsp3) is 0.200. The standard InChI is InChI=1S/C5H6N2O/c1-7-5(8)3-2-4-6-7/h2-4H,1H3/p+1. The topological polar surface area (TPSA) is 36.1 Å². The number of nitrogens with one attached hydrogen (secondary N) is 1. The summed E-state index contributed by atoms with van der Waals surface area (Å²) in [5.74, 6) is 0. The molecule has 3 nitrogen and oxygen atoms in total. The lowest BCUT2D eigenvalue weighted by Crippen LogP contribution is -2.30. The van der Waals surface area contributed by atoms with Crippen molar-refractivity contribution in [3.63, 3.8) is 0 Å². The summed E-state index contributed by atoms with van der Waals surface area (Å²) in [5.41, 5.74) is -0.0208. The van der Waals surface area contributed by atoms with Crippen molar-refractivity contribution in [2.24, 2.45) is 7.05 Å². The third kappa shape index (κ3) is 0.753. The number of hydrogen-bond acceptors (Lipinski definition) is 1. The summed E-state index contributed by atoms with van der Waals surface area (Å²) in [6.45, 7) is 0. The van der Waals surface area contributed by atoms with Crippen molar-refractivity contribution in [3.05, 3.63) is 28.7 Å². The first-order valence-corrected chi connectivity index (χ1v) is 2.34. The summed E-state index contributed by atoms with van der Waals surface area (Å²) >= 11 is 0. The number of aryl methyl sites for hydroxylation is 1. The third-order valence-corrected chi connectivity index (χ3v) is 0.934. The maximum atomic E-state index is 10.6. The van der Waals surface area contributed by atoms with Crippen molar-refractivity contribution in [2.75, 3.05) is 0 Å². The van der Waals surface area contributed by atoms with Gasteiger partial charge in [-0.05, 0) is 0 Å². The molecule has 1 N–H and O–H groups in total. The molecule has 0 radical (unpaired) electrons. The molecule has 1 aromatic heterocycles. The smallest absolute Gasteiger partial charge is 0.264 e. The van der Waals surface area contributed by atoms with Crippen molar-refractivity contribution in [2.45, 2.75) is 0 Å². The summed E-state index contributed by atoms with van der Waals surface area (Å²) in [6, 6.07) is 3.17. The van der Waals surface area contributed by atoms with Crippen molar-refractivity contribution in [1.29, 1.82) is 0 Å². The van der Waals surface area contributed by atoms with E-state index in [-0.39, 0.29) is 5.56 Å². The molecule has 0 bridgehead atoms. The SMILES string of the molecule is Cn1[nH+]cccc1=O. The minimum Gasteiger partial charge on any atom is -0.264 e. The van der Waals surface area contributed by atoms with Gasteiger partial charge in [-0.15, -0.1) is 9.78 Å². The first kappa shape index (κ1) is 5.03. The first-order chi connectivity index (χ1) is 3.80. The predicted molar refractivity (Wildman–Crippen MR) is 28.2 cm³/mol.